The van der Waals surface area contributed by atoms with Crippen LogP contribution >= 0.6 is 0 Å². The number of esters is 1. The molecule has 1 aliphatic heterocycles. The van der Waals surface area contributed by atoms with Crippen LogP contribution < -0.4 is 0 Å². The van der Waals surface area contributed by atoms with Crippen molar-refractivity contribution >= 4 is 5.97 Å². The molecule has 0 spiro atoms. The van der Waals surface area contributed by atoms with E-state index in [1.807, 2.05) is 20.8 Å². The van der Waals surface area contributed by atoms with Crippen LogP contribution in [0.2, 0.25) is 0 Å². The standard InChI is InChI=1S/C19H32O6/c1-7-10-12-16(22-13-21-6)18(20)23-15(11-8-2)17-14(9-3)24-19(4,5)25-17/h7,9,14-17H,1,3,8,10-13H2,2,4-6H3/t14-,15-,16?,17+/m1/s1. The van der Waals surface area contributed by atoms with Gasteiger partial charge in [-0.2, -0.15) is 0 Å². The monoisotopic (exact) mass is 356 g/mol. The molecule has 6 nitrogen and oxygen atoms in total. The second-order valence-corrected chi connectivity index (χ2v) is 6.49. The molecular formula is C19H32O6. The predicted octanol–water partition coefficient (Wildman–Crippen LogP) is 3.36. The Hall–Kier alpha value is -1.21. The summed E-state index contributed by atoms with van der Waals surface area (Å²) >= 11 is 0. The molecule has 0 aliphatic carbocycles. The van der Waals surface area contributed by atoms with Gasteiger partial charge in [0, 0.05) is 7.11 Å². The average Bonchev–Trinajstić information content (AvgIpc) is 2.89. The van der Waals surface area contributed by atoms with Gasteiger partial charge in [-0.15, -0.1) is 13.2 Å². The third-order valence-electron chi connectivity index (χ3n) is 3.89. The van der Waals surface area contributed by atoms with Crippen molar-refractivity contribution in [2.45, 2.75) is 76.7 Å². The number of carbonyl (C=O) groups excluding carboxylic acids is 1. The molecule has 0 aromatic rings. The summed E-state index contributed by atoms with van der Waals surface area (Å²) in [7, 11) is 1.51. The smallest absolute Gasteiger partial charge is 0.335 e. The van der Waals surface area contributed by atoms with E-state index in [9.17, 15) is 4.79 Å². The van der Waals surface area contributed by atoms with Gasteiger partial charge in [0.1, 0.15) is 25.1 Å². The van der Waals surface area contributed by atoms with E-state index >= 15 is 0 Å². The Morgan fingerprint density at radius 2 is 2.00 bits per heavy atom. The van der Waals surface area contributed by atoms with E-state index in [0.29, 0.717) is 19.3 Å². The molecule has 1 heterocycles. The van der Waals surface area contributed by atoms with Crippen LogP contribution in [0.4, 0.5) is 0 Å². The molecule has 0 aromatic carbocycles. The Morgan fingerprint density at radius 1 is 1.28 bits per heavy atom. The minimum absolute atomic E-state index is 0.0285. The number of hydrogen-bond acceptors (Lipinski definition) is 6. The quantitative estimate of drug-likeness (QED) is 0.303. The fraction of sp³-hybridized carbons (Fsp3) is 0.737. The molecule has 144 valence electrons. The second-order valence-electron chi connectivity index (χ2n) is 6.49. The topological polar surface area (TPSA) is 63.2 Å². The highest BCUT2D eigenvalue weighted by atomic mass is 16.8. The van der Waals surface area contributed by atoms with Crippen molar-refractivity contribution in [1.82, 2.24) is 0 Å². The SMILES string of the molecule is C=CCCC(OCOC)C(=O)O[C@H](CCC)[C@H]1OC(C)(C)O[C@@H]1C=C. The first-order valence-corrected chi connectivity index (χ1v) is 8.78. The van der Waals surface area contributed by atoms with Gasteiger partial charge in [-0.05, 0) is 33.1 Å². The van der Waals surface area contributed by atoms with Gasteiger partial charge in [0.2, 0.25) is 0 Å². The molecule has 0 saturated carbocycles. The molecule has 0 amide bonds. The highest BCUT2D eigenvalue weighted by Gasteiger charge is 2.45. The summed E-state index contributed by atoms with van der Waals surface area (Å²) in [6, 6.07) is 0. The molecule has 0 radical (unpaired) electrons. The highest BCUT2D eigenvalue weighted by Crippen LogP contribution is 2.33. The van der Waals surface area contributed by atoms with E-state index in [-0.39, 0.29) is 19.0 Å². The summed E-state index contributed by atoms with van der Waals surface area (Å²) in [6.45, 7) is 13.2. The lowest BCUT2D eigenvalue weighted by molar-refractivity contribution is -0.185. The molecule has 1 saturated heterocycles. The Morgan fingerprint density at radius 3 is 2.56 bits per heavy atom. The van der Waals surface area contributed by atoms with Crippen molar-refractivity contribution in [3.63, 3.8) is 0 Å². The zero-order valence-electron chi connectivity index (χ0n) is 15.9. The van der Waals surface area contributed by atoms with Crippen molar-refractivity contribution in [1.29, 1.82) is 0 Å². The Bertz CT molecular complexity index is 434. The molecule has 25 heavy (non-hydrogen) atoms. The van der Waals surface area contributed by atoms with Gasteiger partial charge in [0.25, 0.3) is 0 Å². The highest BCUT2D eigenvalue weighted by molar-refractivity contribution is 5.75. The van der Waals surface area contributed by atoms with Crippen LogP contribution in [0.3, 0.4) is 0 Å². The molecule has 4 atom stereocenters. The van der Waals surface area contributed by atoms with Gasteiger partial charge in [-0.3, -0.25) is 0 Å². The van der Waals surface area contributed by atoms with Crippen LogP contribution in [0.1, 0.15) is 46.5 Å². The molecule has 0 aromatic heterocycles. The number of methoxy groups -OCH3 is 1. The summed E-state index contributed by atoms with van der Waals surface area (Å²) in [5.74, 6) is -1.16. The lowest BCUT2D eigenvalue weighted by Crippen LogP contribution is -2.41. The van der Waals surface area contributed by atoms with Crippen molar-refractivity contribution < 1.29 is 28.5 Å². The molecule has 6 heteroatoms. The van der Waals surface area contributed by atoms with Crippen molar-refractivity contribution in [3.05, 3.63) is 25.3 Å². The van der Waals surface area contributed by atoms with E-state index in [4.69, 9.17) is 23.7 Å². The predicted molar refractivity (Wildman–Crippen MR) is 95.0 cm³/mol. The first kappa shape index (κ1) is 21.8. The number of ether oxygens (including phenoxy) is 5. The van der Waals surface area contributed by atoms with Gasteiger partial charge in [-0.1, -0.05) is 25.5 Å². The Balaban J connectivity index is 2.81. The molecule has 0 bridgehead atoms. The van der Waals surface area contributed by atoms with Crippen LogP contribution in [0.15, 0.2) is 25.3 Å². The van der Waals surface area contributed by atoms with E-state index < -0.39 is 24.0 Å². The summed E-state index contributed by atoms with van der Waals surface area (Å²) in [5.41, 5.74) is 0. The van der Waals surface area contributed by atoms with Gasteiger partial charge in [0.05, 0.1) is 0 Å². The van der Waals surface area contributed by atoms with Crippen LogP contribution in [0, 0.1) is 0 Å². The van der Waals surface area contributed by atoms with Crippen molar-refractivity contribution in [2.24, 2.45) is 0 Å². The van der Waals surface area contributed by atoms with Crippen molar-refractivity contribution in [3.8, 4) is 0 Å². The molecule has 1 aliphatic rings. The fourth-order valence-electron chi connectivity index (χ4n) is 2.78. The Kier molecular flexibility index (Phi) is 9.35. The van der Waals surface area contributed by atoms with Gasteiger partial charge >= 0.3 is 5.97 Å². The van der Waals surface area contributed by atoms with E-state index in [2.05, 4.69) is 13.2 Å². The Labute approximate surface area is 151 Å². The maximum Gasteiger partial charge on any atom is 0.335 e. The van der Waals surface area contributed by atoms with Crippen molar-refractivity contribution in [2.75, 3.05) is 13.9 Å². The minimum Gasteiger partial charge on any atom is -0.458 e. The number of allylic oxidation sites excluding steroid dienone is 1. The van der Waals surface area contributed by atoms with E-state index in [1.54, 1.807) is 12.2 Å². The second kappa shape index (κ2) is 10.7. The minimum atomic E-state index is -0.739. The van der Waals surface area contributed by atoms with E-state index in [1.165, 1.54) is 7.11 Å². The van der Waals surface area contributed by atoms with Gasteiger partial charge < -0.3 is 23.7 Å². The van der Waals surface area contributed by atoms with Crippen LogP contribution in [0.5, 0.6) is 0 Å². The van der Waals surface area contributed by atoms with Crippen LogP contribution in [0.25, 0.3) is 0 Å². The fourth-order valence-corrected chi connectivity index (χ4v) is 2.78. The summed E-state index contributed by atoms with van der Waals surface area (Å²) in [6.07, 6.45) is 4.23. The number of rotatable bonds is 12. The normalized spacial score (nSPS) is 24.5. The largest absolute Gasteiger partial charge is 0.458 e. The van der Waals surface area contributed by atoms with Gasteiger partial charge in [0.15, 0.2) is 11.9 Å². The summed E-state index contributed by atoms with van der Waals surface area (Å²) in [4.78, 5) is 12.6. The molecule has 1 fully saturated rings. The summed E-state index contributed by atoms with van der Waals surface area (Å²) < 4.78 is 27.9. The number of hydrogen-bond donors (Lipinski definition) is 0. The first-order chi connectivity index (χ1) is 11.9. The maximum absolute atomic E-state index is 12.6. The third-order valence-corrected chi connectivity index (χ3v) is 3.89. The lowest BCUT2D eigenvalue weighted by atomic mass is 10.0. The molecular weight excluding hydrogens is 324 g/mol. The molecule has 0 N–H and O–H groups in total. The van der Waals surface area contributed by atoms with E-state index in [0.717, 1.165) is 6.42 Å². The zero-order valence-corrected chi connectivity index (χ0v) is 15.9. The number of carbonyl (C=O) groups is 1. The molecule has 1 unspecified atom stereocenters. The lowest BCUT2D eigenvalue weighted by Gasteiger charge is -2.27. The average molecular weight is 356 g/mol. The molecule has 1 rings (SSSR count). The zero-order chi connectivity index (χ0) is 18.9. The van der Waals surface area contributed by atoms with Gasteiger partial charge in [-0.25, -0.2) is 4.79 Å². The van der Waals surface area contributed by atoms with Crippen LogP contribution in [-0.4, -0.2) is 50.1 Å². The summed E-state index contributed by atoms with van der Waals surface area (Å²) in [5, 5.41) is 0. The maximum atomic E-state index is 12.6. The van der Waals surface area contributed by atoms with Crippen LogP contribution in [-0.2, 0) is 28.5 Å². The third kappa shape index (κ3) is 6.90. The first-order valence-electron chi connectivity index (χ1n) is 8.78.